The van der Waals surface area contributed by atoms with Gasteiger partial charge in [0.1, 0.15) is 0 Å². The number of fused-ring (bicyclic) bond motifs is 1. The van der Waals surface area contributed by atoms with Gasteiger partial charge in [-0.15, -0.1) is 0 Å². The lowest BCUT2D eigenvalue weighted by Gasteiger charge is -2.16. The minimum Gasteiger partial charge on any atom is -0.351 e. The first-order valence-corrected chi connectivity index (χ1v) is 9.79. The monoisotopic (exact) mass is 411 g/mol. The number of carbonyl (C=O) groups is 2. The predicted octanol–water partition coefficient (Wildman–Crippen LogP) is 4.28. The van der Waals surface area contributed by atoms with Crippen molar-refractivity contribution in [1.29, 1.82) is 0 Å². The molecule has 0 aliphatic heterocycles. The van der Waals surface area contributed by atoms with E-state index in [2.05, 4.69) is 15.6 Å². The van der Waals surface area contributed by atoms with Gasteiger partial charge in [0.15, 0.2) is 0 Å². The molecular weight excluding hydrogens is 390 g/mol. The number of aromatic nitrogens is 2. The number of carbonyl (C=O) groups excluding carboxylic acids is 2. The summed E-state index contributed by atoms with van der Waals surface area (Å²) in [6.45, 7) is 1.90. The highest BCUT2D eigenvalue weighted by Gasteiger charge is 2.17. The van der Waals surface area contributed by atoms with Crippen LogP contribution in [-0.4, -0.2) is 21.9 Å². The van der Waals surface area contributed by atoms with Crippen LogP contribution in [0.15, 0.2) is 79.1 Å². The molecule has 2 aromatic heterocycles. The number of amides is 3. The Labute approximate surface area is 179 Å². The predicted molar refractivity (Wildman–Crippen MR) is 121 cm³/mol. The Kier molecular flexibility index (Phi) is 5.57. The van der Waals surface area contributed by atoms with E-state index in [-0.39, 0.29) is 11.9 Å². The molecule has 2 heterocycles. The highest BCUT2D eigenvalue weighted by atomic mass is 16.2. The quantitative estimate of drug-likeness (QED) is 0.455. The zero-order valence-electron chi connectivity index (χ0n) is 16.9. The molecule has 4 aromatic rings. The second kappa shape index (κ2) is 8.62. The van der Waals surface area contributed by atoms with Crippen LogP contribution in [0.2, 0.25) is 0 Å². The molecule has 4 N–H and O–H groups in total. The number of pyridine rings is 2. The topological polar surface area (TPSA) is 110 Å². The number of nitrogens with one attached hydrogen (secondary N) is 2. The number of para-hydroxylation sites is 1. The number of anilines is 1. The molecule has 0 fully saturated rings. The minimum absolute atomic E-state index is 0.199. The number of nitrogens with two attached hydrogens (primary N) is 1. The molecule has 7 nitrogen and oxygen atoms in total. The van der Waals surface area contributed by atoms with Gasteiger partial charge in [0.2, 0.25) is 0 Å². The average Bonchev–Trinajstić information content (AvgIpc) is 2.79. The van der Waals surface area contributed by atoms with Gasteiger partial charge in [0, 0.05) is 29.0 Å². The van der Waals surface area contributed by atoms with E-state index in [1.165, 1.54) is 0 Å². The van der Waals surface area contributed by atoms with Crippen LogP contribution < -0.4 is 16.4 Å². The Balaban J connectivity index is 1.63. The lowest BCUT2D eigenvalue weighted by Crippen LogP contribution is -2.27. The van der Waals surface area contributed by atoms with E-state index in [9.17, 15) is 9.59 Å². The summed E-state index contributed by atoms with van der Waals surface area (Å²) in [6, 6.07) is 19.4. The molecule has 31 heavy (non-hydrogen) atoms. The van der Waals surface area contributed by atoms with Crippen LogP contribution >= 0.6 is 0 Å². The Morgan fingerprint density at radius 2 is 1.77 bits per heavy atom. The van der Waals surface area contributed by atoms with Gasteiger partial charge in [-0.3, -0.25) is 9.78 Å². The van der Waals surface area contributed by atoms with Crippen LogP contribution in [0.25, 0.3) is 22.2 Å². The molecule has 0 aliphatic carbocycles. The van der Waals surface area contributed by atoms with Crippen molar-refractivity contribution in [2.24, 2.45) is 5.73 Å². The summed E-state index contributed by atoms with van der Waals surface area (Å²) in [6.07, 6.45) is 3.42. The summed E-state index contributed by atoms with van der Waals surface area (Å²) < 4.78 is 0. The summed E-state index contributed by atoms with van der Waals surface area (Å²) in [7, 11) is 0. The van der Waals surface area contributed by atoms with Crippen molar-refractivity contribution in [3.05, 3.63) is 90.3 Å². The summed E-state index contributed by atoms with van der Waals surface area (Å²) in [4.78, 5) is 33.0. The van der Waals surface area contributed by atoms with Gasteiger partial charge in [-0.25, -0.2) is 9.78 Å². The molecular formula is C24H21N5O2. The van der Waals surface area contributed by atoms with E-state index in [0.717, 1.165) is 22.0 Å². The third-order valence-corrected chi connectivity index (χ3v) is 4.94. The Bertz CT molecular complexity index is 1240. The van der Waals surface area contributed by atoms with Crippen molar-refractivity contribution in [2.45, 2.75) is 13.0 Å². The number of urea groups is 1. The van der Waals surface area contributed by atoms with Crippen molar-refractivity contribution in [2.75, 3.05) is 5.32 Å². The third-order valence-electron chi connectivity index (χ3n) is 4.94. The summed E-state index contributed by atoms with van der Waals surface area (Å²) in [5, 5.41) is 6.35. The lowest BCUT2D eigenvalue weighted by molar-refractivity contribution is 0.0941. The van der Waals surface area contributed by atoms with E-state index in [0.29, 0.717) is 16.9 Å². The van der Waals surface area contributed by atoms with Crippen LogP contribution in [0.5, 0.6) is 0 Å². The largest absolute Gasteiger partial charge is 0.351 e. The minimum atomic E-state index is -0.622. The van der Waals surface area contributed by atoms with Crippen molar-refractivity contribution < 1.29 is 9.59 Å². The van der Waals surface area contributed by atoms with E-state index < -0.39 is 6.03 Å². The van der Waals surface area contributed by atoms with Crippen LogP contribution in [0.3, 0.4) is 0 Å². The molecule has 154 valence electrons. The Morgan fingerprint density at radius 1 is 1.00 bits per heavy atom. The number of benzene rings is 2. The second-order valence-electron chi connectivity index (χ2n) is 7.12. The molecule has 0 saturated carbocycles. The van der Waals surface area contributed by atoms with E-state index in [1.54, 1.807) is 30.6 Å². The number of hydrogen-bond donors (Lipinski definition) is 3. The fourth-order valence-electron chi connectivity index (χ4n) is 3.38. The number of rotatable bonds is 5. The first-order valence-electron chi connectivity index (χ1n) is 9.79. The normalized spacial score (nSPS) is 11.6. The van der Waals surface area contributed by atoms with Gasteiger partial charge in [-0.05, 0) is 48.9 Å². The molecule has 0 radical (unpaired) electrons. The highest BCUT2D eigenvalue weighted by molar-refractivity contribution is 6.07. The standard InChI is InChI=1S/C24H21N5O2/c1-15(16-8-10-18(11-9-16)28-24(25)31)27-23(30)20-13-22(17-5-4-12-26-14-17)29-21-7-3-2-6-19(20)21/h2-15H,1H3,(H,27,30)(H3,25,28,31). The average molecular weight is 411 g/mol. The lowest BCUT2D eigenvalue weighted by atomic mass is 10.0. The SMILES string of the molecule is CC(NC(=O)c1cc(-c2cccnc2)nc2ccccc12)c1ccc(NC(N)=O)cc1. The van der Waals surface area contributed by atoms with Crippen LogP contribution in [-0.2, 0) is 0 Å². The summed E-state index contributed by atoms with van der Waals surface area (Å²) in [5.74, 6) is -0.199. The van der Waals surface area contributed by atoms with Gasteiger partial charge < -0.3 is 16.4 Å². The molecule has 3 amide bonds. The molecule has 0 spiro atoms. The first-order chi connectivity index (χ1) is 15.0. The van der Waals surface area contributed by atoms with E-state index in [1.807, 2.05) is 55.5 Å². The van der Waals surface area contributed by atoms with Crippen molar-refractivity contribution in [1.82, 2.24) is 15.3 Å². The highest BCUT2D eigenvalue weighted by Crippen LogP contribution is 2.25. The molecule has 4 rings (SSSR count). The molecule has 2 aromatic carbocycles. The molecule has 0 aliphatic rings. The first kappa shape index (κ1) is 20.0. The fraction of sp³-hybridized carbons (Fsp3) is 0.0833. The van der Waals surface area contributed by atoms with Crippen molar-refractivity contribution >= 4 is 28.5 Å². The number of primary amides is 1. The maximum Gasteiger partial charge on any atom is 0.316 e. The summed E-state index contributed by atoms with van der Waals surface area (Å²) in [5.41, 5.74) is 9.44. The van der Waals surface area contributed by atoms with Crippen LogP contribution in [0.1, 0.15) is 28.9 Å². The van der Waals surface area contributed by atoms with E-state index >= 15 is 0 Å². The molecule has 1 unspecified atom stereocenters. The number of nitrogens with zero attached hydrogens (tertiary/aromatic N) is 2. The molecule has 1 atom stereocenters. The maximum absolute atomic E-state index is 13.2. The number of hydrogen-bond acceptors (Lipinski definition) is 4. The summed E-state index contributed by atoms with van der Waals surface area (Å²) >= 11 is 0. The van der Waals surface area contributed by atoms with Gasteiger partial charge in [0.05, 0.1) is 22.8 Å². The molecule has 7 heteroatoms. The van der Waals surface area contributed by atoms with Gasteiger partial charge in [-0.1, -0.05) is 30.3 Å². The van der Waals surface area contributed by atoms with Crippen LogP contribution in [0, 0.1) is 0 Å². The van der Waals surface area contributed by atoms with Crippen LogP contribution in [0.4, 0.5) is 10.5 Å². The van der Waals surface area contributed by atoms with Crippen molar-refractivity contribution in [3.63, 3.8) is 0 Å². The third kappa shape index (κ3) is 4.51. The Hall–Kier alpha value is -4.26. The smallest absolute Gasteiger partial charge is 0.316 e. The molecule has 0 bridgehead atoms. The maximum atomic E-state index is 13.2. The van der Waals surface area contributed by atoms with Crippen molar-refractivity contribution in [3.8, 4) is 11.3 Å². The van der Waals surface area contributed by atoms with Gasteiger partial charge in [0.25, 0.3) is 5.91 Å². The fourth-order valence-corrected chi connectivity index (χ4v) is 3.38. The van der Waals surface area contributed by atoms with E-state index in [4.69, 9.17) is 10.7 Å². The Morgan fingerprint density at radius 3 is 2.48 bits per heavy atom. The van der Waals surface area contributed by atoms with Gasteiger partial charge >= 0.3 is 6.03 Å². The molecule has 0 saturated heterocycles. The second-order valence-corrected chi connectivity index (χ2v) is 7.12. The van der Waals surface area contributed by atoms with Gasteiger partial charge in [-0.2, -0.15) is 0 Å². The zero-order valence-corrected chi connectivity index (χ0v) is 16.9. The zero-order chi connectivity index (χ0) is 21.8.